The lowest BCUT2D eigenvalue weighted by molar-refractivity contribution is -0.139. The lowest BCUT2D eigenvalue weighted by Crippen LogP contribution is -2.32. The summed E-state index contributed by atoms with van der Waals surface area (Å²) in [6.07, 6.45) is 0.633. The molecule has 1 unspecified atom stereocenters. The molecular weight excluding hydrogens is 536 g/mol. The molecule has 1 aliphatic heterocycles. The zero-order valence-electron chi connectivity index (χ0n) is 25.0. The number of hydrogen-bond acceptors (Lipinski definition) is 8. The number of rotatable bonds is 12. The number of benzene rings is 3. The number of aryl methyl sites for hydroxylation is 1. The first kappa shape index (κ1) is 30.5. The van der Waals surface area contributed by atoms with Gasteiger partial charge in [-0.3, -0.25) is 9.59 Å². The molecule has 3 aromatic rings. The number of hydrogen-bond donors (Lipinski definition) is 1. The highest BCUT2D eigenvalue weighted by Crippen LogP contribution is 2.45. The fourth-order valence-corrected chi connectivity index (χ4v) is 5.11. The molecule has 0 saturated carbocycles. The van der Waals surface area contributed by atoms with E-state index < -0.39 is 17.7 Å². The van der Waals surface area contributed by atoms with E-state index >= 15 is 0 Å². The average molecular weight is 575 g/mol. The average Bonchev–Trinajstić information content (AvgIpc) is 3.24. The van der Waals surface area contributed by atoms with Gasteiger partial charge in [0.1, 0.15) is 18.1 Å². The molecule has 3 aromatic carbocycles. The van der Waals surface area contributed by atoms with Crippen molar-refractivity contribution in [3.05, 3.63) is 88.5 Å². The zero-order chi connectivity index (χ0) is 30.4. The van der Waals surface area contributed by atoms with Crippen molar-refractivity contribution in [2.24, 2.45) is 0 Å². The Morgan fingerprint density at radius 3 is 2.17 bits per heavy atom. The fourth-order valence-electron chi connectivity index (χ4n) is 5.11. The SMILES string of the molecule is COc1cc(C2C(=C(O)c3ccc(OCc4cccc(C)c4)cc3)C(=O)C(=O)N2CCCN(C)C)cc(OC)c1OC. The Bertz CT molecular complexity index is 1440. The first-order chi connectivity index (χ1) is 20.2. The maximum atomic E-state index is 13.5. The van der Waals surface area contributed by atoms with E-state index in [1.807, 2.05) is 44.1 Å². The quantitative estimate of drug-likeness (QED) is 0.184. The summed E-state index contributed by atoms with van der Waals surface area (Å²) in [5, 5.41) is 11.5. The highest BCUT2D eigenvalue weighted by Gasteiger charge is 2.46. The minimum atomic E-state index is -0.863. The van der Waals surface area contributed by atoms with E-state index in [2.05, 4.69) is 6.07 Å². The summed E-state index contributed by atoms with van der Waals surface area (Å²) >= 11 is 0. The number of aliphatic hydroxyl groups excluding tert-OH is 1. The number of aliphatic hydroxyl groups is 1. The van der Waals surface area contributed by atoms with Gasteiger partial charge < -0.3 is 33.9 Å². The van der Waals surface area contributed by atoms with Crippen LogP contribution in [0.1, 0.15) is 34.7 Å². The topological polar surface area (TPSA) is 97.8 Å². The Morgan fingerprint density at radius 2 is 1.60 bits per heavy atom. The van der Waals surface area contributed by atoms with Crippen molar-refractivity contribution in [2.45, 2.75) is 26.0 Å². The van der Waals surface area contributed by atoms with Gasteiger partial charge in [0.05, 0.1) is 32.9 Å². The van der Waals surface area contributed by atoms with E-state index in [0.29, 0.717) is 53.7 Å². The Hall–Kier alpha value is -4.50. The number of ether oxygens (including phenoxy) is 4. The van der Waals surface area contributed by atoms with Gasteiger partial charge in [-0.05, 0) is 81.5 Å². The van der Waals surface area contributed by atoms with Crippen molar-refractivity contribution >= 4 is 17.4 Å². The van der Waals surface area contributed by atoms with Gasteiger partial charge in [0, 0.05) is 12.1 Å². The van der Waals surface area contributed by atoms with E-state index in [1.54, 1.807) is 36.4 Å². The van der Waals surface area contributed by atoms with Gasteiger partial charge in [-0.15, -0.1) is 0 Å². The van der Waals surface area contributed by atoms with Crippen LogP contribution in [0, 0.1) is 6.92 Å². The molecule has 1 fully saturated rings. The van der Waals surface area contributed by atoms with Crippen molar-refractivity contribution in [3.63, 3.8) is 0 Å². The van der Waals surface area contributed by atoms with Crippen LogP contribution < -0.4 is 18.9 Å². The van der Waals surface area contributed by atoms with E-state index in [-0.39, 0.29) is 11.3 Å². The van der Waals surface area contributed by atoms with Crippen LogP contribution in [0.25, 0.3) is 5.76 Å². The van der Waals surface area contributed by atoms with Crippen LogP contribution in [0.4, 0.5) is 0 Å². The molecule has 9 nitrogen and oxygen atoms in total. The molecule has 0 aliphatic carbocycles. The molecule has 1 heterocycles. The van der Waals surface area contributed by atoms with Crippen LogP contribution >= 0.6 is 0 Å². The summed E-state index contributed by atoms with van der Waals surface area (Å²) in [5.74, 6) is 0.0464. The van der Waals surface area contributed by atoms with Crippen LogP contribution in [0.5, 0.6) is 23.0 Å². The van der Waals surface area contributed by atoms with Gasteiger partial charge in [-0.25, -0.2) is 0 Å². The smallest absolute Gasteiger partial charge is 0.295 e. The Kier molecular flexibility index (Phi) is 9.75. The summed E-state index contributed by atoms with van der Waals surface area (Å²) < 4.78 is 22.5. The second kappa shape index (κ2) is 13.4. The highest BCUT2D eigenvalue weighted by molar-refractivity contribution is 6.46. The lowest BCUT2D eigenvalue weighted by atomic mass is 9.94. The van der Waals surface area contributed by atoms with Gasteiger partial charge >= 0.3 is 0 Å². The molecule has 1 amide bonds. The molecule has 42 heavy (non-hydrogen) atoms. The van der Waals surface area contributed by atoms with Crippen molar-refractivity contribution in [2.75, 3.05) is 48.5 Å². The first-order valence-corrected chi connectivity index (χ1v) is 13.7. The summed E-state index contributed by atoms with van der Waals surface area (Å²) in [5.41, 5.74) is 3.13. The van der Waals surface area contributed by atoms with E-state index in [1.165, 1.54) is 26.2 Å². The molecule has 1 N–H and O–H groups in total. The normalized spacial score (nSPS) is 16.2. The minimum absolute atomic E-state index is 0.00689. The number of nitrogens with zero attached hydrogens (tertiary/aromatic N) is 2. The second-order valence-electron chi connectivity index (χ2n) is 10.4. The predicted octanol–water partition coefficient (Wildman–Crippen LogP) is 4.97. The number of Topliss-reactive ketones (excluding diaryl/α,β-unsaturated/α-hetero) is 1. The third-order valence-electron chi connectivity index (χ3n) is 7.16. The van der Waals surface area contributed by atoms with Crippen LogP contribution in [0.3, 0.4) is 0 Å². The van der Waals surface area contributed by atoms with Crippen molar-refractivity contribution in [1.82, 2.24) is 9.80 Å². The molecule has 0 spiro atoms. The molecule has 0 bridgehead atoms. The Balaban J connectivity index is 1.73. The summed E-state index contributed by atoms with van der Waals surface area (Å²) in [6.45, 7) is 3.45. The van der Waals surface area contributed by atoms with Crippen molar-refractivity contribution in [3.8, 4) is 23.0 Å². The molecular formula is C33H38N2O7. The molecule has 0 radical (unpaired) electrons. The predicted molar refractivity (Wildman–Crippen MR) is 160 cm³/mol. The number of carbonyl (C=O) groups excluding carboxylic acids is 2. The molecule has 1 saturated heterocycles. The fraction of sp³-hybridized carbons (Fsp3) is 0.333. The minimum Gasteiger partial charge on any atom is -0.507 e. The maximum absolute atomic E-state index is 13.5. The zero-order valence-corrected chi connectivity index (χ0v) is 25.0. The third kappa shape index (κ3) is 6.52. The summed E-state index contributed by atoms with van der Waals surface area (Å²) in [6, 6.07) is 17.4. The van der Waals surface area contributed by atoms with Gasteiger partial charge in [0.2, 0.25) is 5.75 Å². The van der Waals surface area contributed by atoms with Gasteiger partial charge in [0.25, 0.3) is 11.7 Å². The molecule has 0 aromatic heterocycles. The van der Waals surface area contributed by atoms with Crippen LogP contribution in [0.15, 0.2) is 66.2 Å². The Labute approximate surface area is 246 Å². The maximum Gasteiger partial charge on any atom is 0.295 e. The van der Waals surface area contributed by atoms with E-state index in [0.717, 1.165) is 17.7 Å². The molecule has 1 atom stereocenters. The van der Waals surface area contributed by atoms with Gasteiger partial charge in [-0.1, -0.05) is 29.8 Å². The number of methoxy groups -OCH3 is 3. The van der Waals surface area contributed by atoms with Gasteiger partial charge in [-0.2, -0.15) is 0 Å². The largest absolute Gasteiger partial charge is 0.507 e. The molecule has 9 heteroatoms. The van der Waals surface area contributed by atoms with E-state index in [9.17, 15) is 14.7 Å². The molecule has 4 rings (SSSR count). The summed E-state index contributed by atoms with van der Waals surface area (Å²) in [4.78, 5) is 30.3. The third-order valence-corrected chi connectivity index (χ3v) is 7.16. The van der Waals surface area contributed by atoms with Crippen LogP contribution in [0.2, 0.25) is 0 Å². The number of ketones is 1. The lowest BCUT2D eigenvalue weighted by Gasteiger charge is -2.27. The number of carbonyl (C=O) groups is 2. The van der Waals surface area contributed by atoms with E-state index in [4.69, 9.17) is 18.9 Å². The number of amides is 1. The van der Waals surface area contributed by atoms with Crippen molar-refractivity contribution in [1.29, 1.82) is 0 Å². The first-order valence-electron chi connectivity index (χ1n) is 13.7. The van der Waals surface area contributed by atoms with Crippen LogP contribution in [-0.4, -0.2) is 75.1 Å². The monoisotopic (exact) mass is 574 g/mol. The standard InChI is InChI=1S/C33H38N2O7/c1-21-9-7-10-22(17-21)20-42-25-13-11-23(12-14-25)30(36)28-29(35(33(38)31(28)37)16-8-15-34(2)3)24-18-26(39-4)32(41-6)27(19-24)40-5/h7,9-14,17-19,29,36H,8,15-16,20H2,1-6H3. The van der Waals surface area contributed by atoms with Gasteiger partial charge in [0.15, 0.2) is 11.5 Å². The second-order valence-corrected chi connectivity index (χ2v) is 10.4. The Morgan fingerprint density at radius 1 is 0.929 bits per heavy atom. The van der Waals surface area contributed by atoms with Crippen molar-refractivity contribution < 1.29 is 33.6 Å². The molecule has 222 valence electrons. The number of likely N-dealkylation sites (tertiary alicyclic amines) is 1. The molecule has 1 aliphatic rings. The highest BCUT2D eigenvalue weighted by atomic mass is 16.5. The van der Waals surface area contributed by atoms with Crippen LogP contribution in [-0.2, 0) is 16.2 Å². The summed E-state index contributed by atoms with van der Waals surface area (Å²) in [7, 11) is 8.38.